The molecule has 0 spiro atoms. The molecule has 0 radical (unpaired) electrons. The Bertz CT molecular complexity index is 1330. The molecule has 3 heterocycles. The van der Waals surface area contributed by atoms with Crippen LogP contribution >= 0.6 is 0 Å². The van der Waals surface area contributed by atoms with Crippen LogP contribution in [-0.2, 0) is 6.42 Å². The molecular formula is C23H21N5O4. The number of carbonyl (C=O) groups excluding carboxylic acids is 1. The van der Waals surface area contributed by atoms with Crippen molar-refractivity contribution in [2.75, 3.05) is 20.2 Å². The van der Waals surface area contributed by atoms with Gasteiger partial charge in [0.2, 0.25) is 0 Å². The highest BCUT2D eigenvalue weighted by Crippen LogP contribution is 2.25. The summed E-state index contributed by atoms with van der Waals surface area (Å²) in [6.45, 7) is 1.18. The average Bonchev–Trinajstić information content (AvgIpc) is 3.49. The van der Waals surface area contributed by atoms with Gasteiger partial charge in [-0.05, 0) is 42.7 Å². The van der Waals surface area contributed by atoms with Crippen LogP contribution in [0.4, 0.5) is 0 Å². The van der Waals surface area contributed by atoms with E-state index in [4.69, 9.17) is 9.26 Å². The minimum Gasteiger partial charge on any atom is -0.497 e. The molecule has 0 saturated carbocycles. The number of hydrogen-bond donors (Lipinski definition) is 1. The molecule has 1 fully saturated rings. The zero-order chi connectivity index (χ0) is 22.1. The van der Waals surface area contributed by atoms with Gasteiger partial charge in [0.15, 0.2) is 11.5 Å². The molecule has 9 nitrogen and oxygen atoms in total. The van der Waals surface area contributed by atoms with E-state index >= 15 is 0 Å². The fourth-order valence-electron chi connectivity index (χ4n) is 4.06. The van der Waals surface area contributed by atoms with Crippen LogP contribution in [0.1, 0.15) is 22.7 Å². The van der Waals surface area contributed by atoms with Crippen molar-refractivity contribution in [2.45, 2.75) is 12.8 Å². The number of nitrogens with one attached hydrogen (secondary N) is 1. The summed E-state index contributed by atoms with van der Waals surface area (Å²) in [6, 6.07) is 14.4. The molecule has 2 aromatic carbocycles. The van der Waals surface area contributed by atoms with Gasteiger partial charge in [0.25, 0.3) is 17.4 Å². The second kappa shape index (κ2) is 8.26. The summed E-state index contributed by atoms with van der Waals surface area (Å²) in [4.78, 5) is 31.4. The molecule has 1 aliphatic heterocycles. The summed E-state index contributed by atoms with van der Waals surface area (Å²) >= 11 is 0. The Balaban J connectivity index is 1.27. The van der Waals surface area contributed by atoms with Gasteiger partial charge in [-0.3, -0.25) is 9.59 Å². The fourth-order valence-corrected chi connectivity index (χ4v) is 4.06. The van der Waals surface area contributed by atoms with Crippen molar-refractivity contribution >= 4 is 16.7 Å². The van der Waals surface area contributed by atoms with E-state index < -0.39 is 0 Å². The van der Waals surface area contributed by atoms with Crippen molar-refractivity contribution in [3.8, 4) is 17.2 Å². The number of likely N-dealkylation sites (tertiary alicyclic amines) is 1. The predicted octanol–water partition coefficient (Wildman–Crippen LogP) is 2.69. The van der Waals surface area contributed by atoms with Crippen molar-refractivity contribution in [1.29, 1.82) is 0 Å². The third kappa shape index (κ3) is 3.73. The van der Waals surface area contributed by atoms with Gasteiger partial charge in [-0.25, -0.2) is 5.10 Å². The van der Waals surface area contributed by atoms with E-state index in [0.29, 0.717) is 42.0 Å². The van der Waals surface area contributed by atoms with Crippen LogP contribution in [0.2, 0.25) is 0 Å². The van der Waals surface area contributed by atoms with Crippen LogP contribution in [0.15, 0.2) is 57.8 Å². The van der Waals surface area contributed by atoms with Gasteiger partial charge in [-0.1, -0.05) is 23.4 Å². The lowest BCUT2D eigenvalue weighted by atomic mass is 10.0. The molecule has 1 atom stereocenters. The fraction of sp³-hybridized carbons (Fsp3) is 0.261. The molecule has 1 N–H and O–H groups in total. The number of methoxy groups -OCH3 is 1. The quantitative estimate of drug-likeness (QED) is 0.517. The average molecular weight is 431 g/mol. The van der Waals surface area contributed by atoms with E-state index in [2.05, 4.69) is 20.3 Å². The van der Waals surface area contributed by atoms with Gasteiger partial charge in [0.05, 0.1) is 12.5 Å². The number of aromatic amines is 1. The number of amides is 1. The first-order valence-corrected chi connectivity index (χ1v) is 10.4. The third-order valence-electron chi connectivity index (χ3n) is 5.75. The number of rotatable bonds is 5. The van der Waals surface area contributed by atoms with Crippen molar-refractivity contribution in [3.63, 3.8) is 0 Å². The summed E-state index contributed by atoms with van der Waals surface area (Å²) in [5, 5.41) is 11.6. The second-order valence-corrected chi connectivity index (χ2v) is 7.80. The first-order valence-electron chi connectivity index (χ1n) is 10.4. The zero-order valence-corrected chi connectivity index (χ0v) is 17.4. The lowest BCUT2D eigenvalue weighted by Gasteiger charge is -2.16. The molecule has 1 saturated heterocycles. The highest BCUT2D eigenvalue weighted by atomic mass is 16.5. The van der Waals surface area contributed by atoms with Crippen LogP contribution in [0.5, 0.6) is 5.75 Å². The van der Waals surface area contributed by atoms with E-state index in [0.717, 1.165) is 17.7 Å². The summed E-state index contributed by atoms with van der Waals surface area (Å²) < 4.78 is 10.6. The Morgan fingerprint density at radius 1 is 1.19 bits per heavy atom. The van der Waals surface area contributed by atoms with Crippen molar-refractivity contribution in [3.05, 3.63) is 70.4 Å². The van der Waals surface area contributed by atoms with Gasteiger partial charge in [0.1, 0.15) is 5.75 Å². The molecule has 0 bridgehead atoms. The van der Waals surface area contributed by atoms with E-state index in [1.807, 2.05) is 24.3 Å². The van der Waals surface area contributed by atoms with Crippen LogP contribution in [0.3, 0.4) is 0 Å². The van der Waals surface area contributed by atoms with Gasteiger partial charge in [0, 0.05) is 30.5 Å². The minimum absolute atomic E-state index is 0.188. The van der Waals surface area contributed by atoms with Crippen LogP contribution in [0, 0.1) is 5.92 Å². The van der Waals surface area contributed by atoms with Crippen LogP contribution in [-0.4, -0.2) is 51.3 Å². The molecule has 162 valence electrons. The predicted molar refractivity (Wildman–Crippen MR) is 116 cm³/mol. The van der Waals surface area contributed by atoms with Crippen molar-refractivity contribution in [2.24, 2.45) is 5.92 Å². The Kier molecular flexibility index (Phi) is 5.14. The summed E-state index contributed by atoms with van der Waals surface area (Å²) in [5.74, 6) is 1.86. The van der Waals surface area contributed by atoms with E-state index in [9.17, 15) is 9.59 Å². The maximum absolute atomic E-state index is 13.1. The standard InChI is InChI=1S/C23H21N5O4/c1-31-16-8-6-15(7-9-16)22-24-19(27-32-22)12-14-10-11-28(13-14)23(30)20-17-4-2-3-5-18(17)21(29)26-25-20/h2-9,14H,10-13H2,1H3,(H,26,29). The molecule has 5 rings (SSSR count). The Hall–Kier alpha value is -4.01. The maximum Gasteiger partial charge on any atom is 0.274 e. The first kappa shape index (κ1) is 19.9. The third-order valence-corrected chi connectivity index (χ3v) is 5.75. The van der Waals surface area contributed by atoms with Gasteiger partial charge in [-0.15, -0.1) is 0 Å². The lowest BCUT2D eigenvalue weighted by molar-refractivity contribution is 0.0782. The Morgan fingerprint density at radius 2 is 1.97 bits per heavy atom. The molecule has 1 unspecified atom stereocenters. The highest BCUT2D eigenvalue weighted by Gasteiger charge is 2.30. The van der Waals surface area contributed by atoms with E-state index in [1.54, 1.807) is 36.3 Å². The Morgan fingerprint density at radius 3 is 2.75 bits per heavy atom. The summed E-state index contributed by atoms with van der Waals surface area (Å²) in [7, 11) is 1.62. The van der Waals surface area contributed by atoms with E-state index in [1.165, 1.54) is 0 Å². The maximum atomic E-state index is 13.1. The molecule has 4 aromatic rings. The molecule has 0 aliphatic carbocycles. The number of fused-ring (bicyclic) bond motifs is 1. The van der Waals surface area contributed by atoms with Crippen LogP contribution < -0.4 is 10.3 Å². The van der Waals surface area contributed by atoms with E-state index in [-0.39, 0.29) is 23.1 Å². The molecule has 9 heteroatoms. The second-order valence-electron chi connectivity index (χ2n) is 7.80. The number of carbonyl (C=O) groups is 1. The lowest BCUT2D eigenvalue weighted by Crippen LogP contribution is -2.31. The smallest absolute Gasteiger partial charge is 0.274 e. The number of hydrogen-bond acceptors (Lipinski definition) is 7. The molecule has 1 aliphatic rings. The van der Waals surface area contributed by atoms with Gasteiger partial charge >= 0.3 is 0 Å². The molecule has 32 heavy (non-hydrogen) atoms. The topological polar surface area (TPSA) is 114 Å². The molecular weight excluding hydrogens is 410 g/mol. The number of benzene rings is 2. The van der Waals surface area contributed by atoms with Gasteiger partial charge in [-0.2, -0.15) is 10.1 Å². The number of nitrogens with zero attached hydrogens (tertiary/aromatic N) is 4. The first-order chi connectivity index (χ1) is 15.6. The Labute approximate surface area is 183 Å². The molecule has 2 aromatic heterocycles. The van der Waals surface area contributed by atoms with Gasteiger partial charge < -0.3 is 14.2 Å². The highest BCUT2D eigenvalue weighted by molar-refractivity contribution is 6.04. The largest absolute Gasteiger partial charge is 0.497 e. The van der Waals surface area contributed by atoms with Crippen molar-refractivity contribution in [1.82, 2.24) is 25.2 Å². The number of ether oxygens (including phenoxy) is 1. The summed E-state index contributed by atoms with van der Waals surface area (Å²) in [6.07, 6.45) is 1.45. The zero-order valence-electron chi connectivity index (χ0n) is 17.4. The normalized spacial score (nSPS) is 15.9. The SMILES string of the molecule is COc1ccc(-c2nc(CC3CCN(C(=O)c4n[nH]c(=O)c5ccccc45)C3)no2)cc1. The minimum atomic E-state index is -0.304. The number of H-pyrrole nitrogens is 1. The summed E-state index contributed by atoms with van der Waals surface area (Å²) in [5.41, 5.74) is 0.784. The monoisotopic (exact) mass is 431 g/mol. The number of aromatic nitrogens is 4. The van der Waals surface area contributed by atoms with Crippen molar-refractivity contribution < 1.29 is 14.1 Å². The molecule has 1 amide bonds. The van der Waals surface area contributed by atoms with Crippen LogP contribution in [0.25, 0.3) is 22.2 Å².